The second-order valence-corrected chi connectivity index (χ2v) is 8.80. The Hall–Kier alpha value is -2.66. The van der Waals surface area contributed by atoms with Gasteiger partial charge in [-0.05, 0) is 38.1 Å². The Balaban J connectivity index is 2.08. The number of Topliss-reactive ketones (excluding diaryl/α,β-unsaturated/α-hetero) is 1. The summed E-state index contributed by atoms with van der Waals surface area (Å²) in [5.74, 6) is -0.817. The van der Waals surface area contributed by atoms with E-state index in [0.717, 1.165) is 18.0 Å². The van der Waals surface area contributed by atoms with Crippen LogP contribution < -0.4 is 10.5 Å². The van der Waals surface area contributed by atoms with E-state index in [1.165, 1.54) is 30.5 Å². The van der Waals surface area contributed by atoms with Crippen molar-refractivity contribution in [2.75, 3.05) is 23.3 Å². The number of carbonyl (C=O) groups is 2. The molecule has 1 unspecified atom stereocenters. The maximum Gasteiger partial charge on any atom is 0.343 e. The molecule has 1 heterocycles. The van der Waals surface area contributed by atoms with Crippen LogP contribution in [0.1, 0.15) is 34.6 Å². The van der Waals surface area contributed by atoms with Crippen molar-refractivity contribution >= 4 is 45.0 Å². The number of benzene rings is 1. The molecule has 0 aliphatic carbocycles. The fourth-order valence-electron chi connectivity index (χ4n) is 2.16. The molecule has 0 amide bonds. The van der Waals surface area contributed by atoms with Crippen LogP contribution in [0, 0.1) is 0 Å². The molecule has 3 N–H and O–H groups in total. The number of thioether (sulfide) groups is 1. The number of hydrogen-bond acceptors (Lipinski definition) is 9. The van der Waals surface area contributed by atoms with E-state index in [9.17, 15) is 18.0 Å². The minimum Gasteiger partial charge on any atom is -0.462 e. The van der Waals surface area contributed by atoms with Crippen LogP contribution >= 0.6 is 11.8 Å². The molecule has 28 heavy (non-hydrogen) atoms. The second-order valence-electron chi connectivity index (χ2n) is 5.75. The summed E-state index contributed by atoms with van der Waals surface area (Å²) in [5.41, 5.74) is 6.62. The van der Waals surface area contributed by atoms with Gasteiger partial charge in [0.05, 0.1) is 18.1 Å². The molecule has 0 spiro atoms. The summed E-state index contributed by atoms with van der Waals surface area (Å²) in [7, 11) is -3.39. The average molecular weight is 425 g/mol. The van der Waals surface area contributed by atoms with Crippen molar-refractivity contribution < 1.29 is 22.7 Å². The Kier molecular flexibility index (Phi) is 6.97. The van der Waals surface area contributed by atoms with Crippen LogP contribution in [-0.2, 0) is 14.8 Å². The van der Waals surface area contributed by atoms with Gasteiger partial charge < -0.3 is 10.5 Å². The smallest absolute Gasteiger partial charge is 0.343 e. The molecular formula is C17H20N4O5S2. The molecule has 150 valence electrons. The monoisotopic (exact) mass is 424 g/mol. The molecular weight excluding hydrogens is 404 g/mol. The van der Waals surface area contributed by atoms with Crippen LogP contribution in [0.5, 0.6) is 0 Å². The van der Waals surface area contributed by atoms with E-state index in [2.05, 4.69) is 14.7 Å². The number of nitrogens with one attached hydrogen (secondary N) is 1. The summed E-state index contributed by atoms with van der Waals surface area (Å²) in [5, 5.41) is -0.275. The number of nitrogen functional groups attached to an aromatic ring is 1. The Morgan fingerprint density at radius 2 is 1.93 bits per heavy atom. The van der Waals surface area contributed by atoms with E-state index >= 15 is 0 Å². The van der Waals surface area contributed by atoms with Crippen LogP contribution in [0.2, 0.25) is 0 Å². The van der Waals surface area contributed by atoms with E-state index < -0.39 is 21.2 Å². The molecule has 0 aliphatic rings. The first-order chi connectivity index (χ1) is 13.1. The van der Waals surface area contributed by atoms with Crippen molar-refractivity contribution in [1.82, 2.24) is 9.97 Å². The van der Waals surface area contributed by atoms with Crippen molar-refractivity contribution in [1.29, 1.82) is 0 Å². The maximum absolute atomic E-state index is 12.6. The van der Waals surface area contributed by atoms with E-state index in [0.29, 0.717) is 11.3 Å². The lowest BCUT2D eigenvalue weighted by atomic mass is 10.1. The average Bonchev–Trinajstić information content (AvgIpc) is 2.60. The zero-order chi connectivity index (χ0) is 20.9. The molecule has 2 rings (SSSR count). The zero-order valence-electron chi connectivity index (χ0n) is 15.5. The number of esters is 1. The van der Waals surface area contributed by atoms with Gasteiger partial charge in [0.15, 0.2) is 10.9 Å². The Morgan fingerprint density at radius 3 is 2.46 bits per heavy atom. The molecule has 11 heteroatoms. The SMILES string of the molecule is CCOC(=O)c1cnc(SC(C)C(=O)c2ccc(NS(C)(=O)=O)cc2)nc1N. The van der Waals surface area contributed by atoms with Crippen LogP contribution in [0.4, 0.5) is 11.5 Å². The van der Waals surface area contributed by atoms with E-state index in [1.54, 1.807) is 13.8 Å². The highest BCUT2D eigenvalue weighted by atomic mass is 32.2. The van der Waals surface area contributed by atoms with Gasteiger partial charge in [-0.1, -0.05) is 11.8 Å². The van der Waals surface area contributed by atoms with E-state index in [1.807, 2.05) is 0 Å². The molecule has 1 aromatic carbocycles. The van der Waals surface area contributed by atoms with Gasteiger partial charge in [-0.3, -0.25) is 9.52 Å². The first kappa shape index (κ1) is 21.6. The van der Waals surface area contributed by atoms with Crippen LogP contribution in [0.25, 0.3) is 0 Å². The standard InChI is InChI=1S/C17H20N4O5S2/c1-4-26-16(23)13-9-19-17(20-15(13)18)27-10(2)14(22)11-5-7-12(8-6-11)21-28(3,24)25/h5-10,21H,4H2,1-3H3,(H2,18,19,20). The highest BCUT2D eigenvalue weighted by Crippen LogP contribution is 2.25. The highest BCUT2D eigenvalue weighted by molar-refractivity contribution is 8.00. The fourth-order valence-corrected chi connectivity index (χ4v) is 3.55. The minimum atomic E-state index is -3.39. The number of ether oxygens (including phenoxy) is 1. The fraction of sp³-hybridized carbons (Fsp3) is 0.294. The maximum atomic E-state index is 12.6. The Morgan fingerprint density at radius 1 is 1.29 bits per heavy atom. The number of nitrogens with two attached hydrogens (primary N) is 1. The zero-order valence-corrected chi connectivity index (χ0v) is 17.1. The third kappa shape index (κ3) is 5.92. The first-order valence-corrected chi connectivity index (χ1v) is 11.0. The predicted molar refractivity (Wildman–Crippen MR) is 107 cm³/mol. The van der Waals surface area contributed by atoms with Gasteiger partial charge in [0.25, 0.3) is 0 Å². The molecule has 0 bridgehead atoms. The largest absolute Gasteiger partial charge is 0.462 e. The van der Waals surface area contributed by atoms with Crippen molar-refractivity contribution in [2.24, 2.45) is 0 Å². The molecule has 1 aromatic heterocycles. The van der Waals surface area contributed by atoms with Crippen LogP contribution in [0.3, 0.4) is 0 Å². The van der Waals surface area contributed by atoms with Crippen molar-refractivity contribution in [3.8, 4) is 0 Å². The minimum absolute atomic E-state index is 0.0215. The van der Waals surface area contributed by atoms with Gasteiger partial charge in [0, 0.05) is 17.4 Å². The second kappa shape index (κ2) is 9.02. The third-order valence-electron chi connectivity index (χ3n) is 3.42. The summed E-state index contributed by atoms with van der Waals surface area (Å²) < 4.78 is 29.6. The Labute approximate surface area is 167 Å². The van der Waals surface area contributed by atoms with Gasteiger partial charge in [-0.15, -0.1) is 0 Å². The van der Waals surface area contributed by atoms with E-state index in [-0.39, 0.29) is 28.9 Å². The lowest BCUT2D eigenvalue weighted by Gasteiger charge is -2.11. The number of aromatic nitrogens is 2. The van der Waals surface area contributed by atoms with Crippen molar-refractivity contribution in [3.63, 3.8) is 0 Å². The van der Waals surface area contributed by atoms with Gasteiger partial charge >= 0.3 is 5.97 Å². The van der Waals surface area contributed by atoms with Gasteiger partial charge in [-0.2, -0.15) is 0 Å². The molecule has 0 saturated carbocycles. The van der Waals surface area contributed by atoms with Gasteiger partial charge in [0.1, 0.15) is 11.4 Å². The molecule has 0 radical (unpaired) electrons. The quantitative estimate of drug-likeness (QED) is 0.281. The summed E-state index contributed by atoms with van der Waals surface area (Å²) >= 11 is 1.09. The molecule has 2 aromatic rings. The molecule has 9 nitrogen and oxygen atoms in total. The van der Waals surface area contributed by atoms with E-state index in [4.69, 9.17) is 10.5 Å². The first-order valence-electron chi connectivity index (χ1n) is 8.19. The van der Waals surface area contributed by atoms with Gasteiger partial charge in [-0.25, -0.2) is 23.2 Å². The van der Waals surface area contributed by atoms with Gasteiger partial charge in [0.2, 0.25) is 10.0 Å². The number of hydrogen-bond donors (Lipinski definition) is 2. The molecule has 0 saturated heterocycles. The van der Waals surface area contributed by atoms with Crippen LogP contribution in [0.15, 0.2) is 35.6 Å². The molecule has 1 atom stereocenters. The number of ketones is 1. The Bertz CT molecular complexity index is 978. The summed E-state index contributed by atoms with van der Waals surface area (Å²) in [6, 6.07) is 6.08. The van der Waals surface area contributed by atoms with Crippen LogP contribution in [-0.4, -0.2) is 48.3 Å². The number of rotatable bonds is 8. The number of sulfonamides is 1. The lowest BCUT2D eigenvalue weighted by molar-refractivity contribution is 0.0526. The summed E-state index contributed by atoms with van der Waals surface area (Å²) in [6.07, 6.45) is 2.31. The lowest BCUT2D eigenvalue weighted by Crippen LogP contribution is -2.15. The highest BCUT2D eigenvalue weighted by Gasteiger charge is 2.20. The van der Waals surface area contributed by atoms with Crippen molar-refractivity contribution in [3.05, 3.63) is 41.6 Å². The summed E-state index contributed by atoms with van der Waals surface area (Å²) in [6.45, 7) is 3.57. The molecule has 0 aliphatic heterocycles. The molecule has 0 fully saturated rings. The number of anilines is 2. The topological polar surface area (TPSA) is 141 Å². The predicted octanol–water partition coefficient (Wildman–Crippen LogP) is 1.97. The van der Waals surface area contributed by atoms with Crippen molar-refractivity contribution in [2.45, 2.75) is 24.3 Å². The number of nitrogens with zero attached hydrogens (tertiary/aromatic N) is 2. The normalized spacial score (nSPS) is 12.2. The number of carbonyl (C=O) groups excluding carboxylic acids is 2. The third-order valence-corrected chi connectivity index (χ3v) is 5.00. The summed E-state index contributed by atoms with van der Waals surface area (Å²) in [4.78, 5) is 32.4.